The molecule has 6 aliphatic rings. The number of amides is 5. The van der Waals surface area contributed by atoms with E-state index < -0.39 is 17.7 Å². The van der Waals surface area contributed by atoms with Crippen molar-refractivity contribution < 1.29 is 24.0 Å². The van der Waals surface area contributed by atoms with Crippen LogP contribution in [0.3, 0.4) is 0 Å². The number of piperidine rings is 1. The van der Waals surface area contributed by atoms with Crippen LogP contribution in [0, 0.1) is 30.1 Å². The summed E-state index contributed by atoms with van der Waals surface area (Å²) in [5, 5.41) is 22.2. The quantitative estimate of drug-likeness (QED) is 0.0934. The fourth-order valence-corrected chi connectivity index (χ4v) is 13.7. The standard InChI is InChI=1S/C53H53N11O5S/c1-29-39(25-55-64(29)28-53-22-30-18-31(23-53)20-32(19-30)24-53)35-12-14-44(59-49(67)36-7-5-6-33-16-17-63(27-40(33)36)52-57-41-8-3-4-9-43(41)70-52)58-48(35)51(69)54-26-46(66)56-34-10-11-37-42(21-34)62(2)61-47(37)38-13-15-45(65)60-50(38)68/h3-12,14,21,25,30-32,38H,13,15-20,22-24,26-28H2,1-2H3,(H,54,69)(H,56,66)(H,58,59,67)(H,60,65,68). The Labute approximate surface area is 407 Å². The molecule has 4 N–H and O–H groups in total. The predicted molar refractivity (Wildman–Crippen MR) is 266 cm³/mol. The van der Waals surface area contributed by atoms with E-state index in [1.807, 2.05) is 43.5 Å². The first-order chi connectivity index (χ1) is 33.9. The fraction of sp³-hybridized carbons (Fsp3) is 0.377. The number of carbonyl (C=O) groups excluding carboxylic acids is 5. The Hall–Kier alpha value is -7.27. The molecule has 5 fully saturated rings. The van der Waals surface area contributed by atoms with Crippen molar-refractivity contribution in [3.8, 4) is 11.1 Å². The normalized spacial score (nSPS) is 22.6. The van der Waals surface area contributed by atoms with Crippen molar-refractivity contribution in [2.24, 2.45) is 30.2 Å². The lowest BCUT2D eigenvalue weighted by atomic mass is 9.49. The lowest BCUT2D eigenvalue weighted by molar-refractivity contribution is -0.134. The van der Waals surface area contributed by atoms with Crippen LogP contribution in [0.4, 0.5) is 16.6 Å². The summed E-state index contributed by atoms with van der Waals surface area (Å²) in [6, 6.07) is 22.7. The van der Waals surface area contributed by atoms with Gasteiger partial charge in [0, 0.05) is 66.6 Å². The van der Waals surface area contributed by atoms with Gasteiger partial charge in [-0.15, -0.1) is 0 Å². The van der Waals surface area contributed by atoms with Crippen LogP contribution in [0.5, 0.6) is 0 Å². The average Bonchev–Trinajstić information content (AvgIpc) is 4.04. The van der Waals surface area contributed by atoms with Gasteiger partial charge in [0.2, 0.25) is 17.7 Å². The van der Waals surface area contributed by atoms with Crippen molar-refractivity contribution in [2.45, 2.75) is 83.7 Å². The van der Waals surface area contributed by atoms with E-state index in [1.165, 1.54) is 38.5 Å². The third kappa shape index (κ3) is 8.08. The minimum atomic E-state index is -0.589. The molecule has 2 aliphatic heterocycles. The highest BCUT2D eigenvalue weighted by atomic mass is 32.1. The molecule has 4 saturated carbocycles. The molecule has 6 heterocycles. The van der Waals surface area contributed by atoms with Crippen LogP contribution in [-0.2, 0) is 40.9 Å². The Morgan fingerprint density at radius 3 is 2.46 bits per heavy atom. The van der Waals surface area contributed by atoms with Gasteiger partial charge >= 0.3 is 0 Å². The number of rotatable bonds is 11. The maximum absolute atomic E-state index is 14.4. The van der Waals surface area contributed by atoms with Gasteiger partial charge in [0.25, 0.3) is 11.8 Å². The third-order valence-corrected chi connectivity index (χ3v) is 16.7. The second-order valence-corrected chi connectivity index (χ2v) is 21.3. The van der Waals surface area contributed by atoms with Gasteiger partial charge in [-0.2, -0.15) is 10.2 Å². The van der Waals surface area contributed by atoms with Crippen LogP contribution in [0.15, 0.2) is 79.0 Å². The highest BCUT2D eigenvalue weighted by Gasteiger charge is 2.51. The van der Waals surface area contributed by atoms with Crippen molar-refractivity contribution in [2.75, 3.05) is 28.6 Å². The third-order valence-electron chi connectivity index (χ3n) is 15.6. The zero-order valence-electron chi connectivity index (χ0n) is 39.1. The number of aryl methyl sites for hydroxylation is 1. The first-order valence-electron chi connectivity index (χ1n) is 24.4. The summed E-state index contributed by atoms with van der Waals surface area (Å²) in [6.07, 6.45) is 11.0. The van der Waals surface area contributed by atoms with Crippen LogP contribution < -0.4 is 26.2 Å². The van der Waals surface area contributed by atoms with Gasteiger partial charge in [-0.25, -0.2) is 9.97 Å². The van der Waals surface area contributed by atoms with Gasteiger partial charge < -0.3 is 20.9 Å². The molecule has 16 nitrogen and oxygen atoms in total. The molecule has 70 heavy (non-hydrogen) atoms. The number of benzene rings is 3. The van der Waals surface area contributed by atoms with E-state index in [0.29, 0.717) is 41.0 Å². The number of nitrogens with one attached hydrogen (secondary N) is 4. The fourth-order valence-electron chi connectivity index (χ4n) is 12.8. The number of anilines is 3. The summed E-state index contributed by atoms with van der Waals surface area (Å²) in [5.41, 5.74) is 7.76. The smallest absolute Gasteiger partial charge is 0.271 e. The largest absolute Gasteiger partial charge is 0.343 e. The SMILES string of the molecule is Cc1c(-c2ccc(NC(=O)c3cccc4c3CN(c3nc5ccccc5s3)CC4)nc2C(=O)NCC(=O)Nc2ccc3c(C4CCC(=O)NC4=O)nn(C)c3c2)cnn1CC12CC3CC(CC(C3)C1)C2. The molecule has 1 unspecified atom stereocenters. The molecule has 0 spiro atoms. The molecule has 4 bridgehead atoms. The Morgan fingerprint density at radius 1 is 0.871 bits per heavy atom. The minimum absolute atomic E-state index is 0.0532. The van der Waals surface area contributed by atoms with E-state index in [4.69, 9.17) is 15.1 Å². The Kier molecular flexibility index (Phi) is 10.9. The Balaban J connectivity index is 0.798. The molecule has 5 amide bonds. The maximum atomic E-state index is 14.4. The molecule has 1 atom stereocenters. The Bertz CT molecular complexity index is 3250. The van der Waals surface area contributed by atoms with Gasteiger partial charge in [-0.05, 0) is 141 Å². The molecule has 1 saturated heterocycles. The predicted octanol–water partition coefficient (Wildman–Crippen LogP) is 7.67. The van der Waals surface area contributed by atoms with Crippen LogP contribution in [0.25, 0.3) is 32.2 Å². The number of para-hydroxylation sites is 1. The lowest BCUT2D eigenvalue weighted by Crippen LogP contribution is -2.48. The van der Waals surface area contributed by atoms with Crippen molar-refractivity contribution in [3.63, 3.8) is 0 Å². The van der Waals surface area contributed by atoms with Crippen LogP contribution in [-0.4, -0.2) is 72.2 Å². The van der Waals surface area contributed by atoms with E-state index in [2.05, 4.69) is 48.1 Å². The first-order valence-corrected chi connectivity index (χ1v) is 25.2. The van der Waals surface area contributed by atoms with Crippen molar-refractivity contribution in [1.82, 2.24) is 40.2 Å². The number of nitrogens with zero attached hydrogens (tertiary/aromatic N) is 7. The van der Waals surface area contributed by atoms with Gasteiger partial charge in [0.1, 0.15) is 11.5 Å². The van der Waals surface area contributed by atoms with E-state index >= 15 is 0 Å². The van der Waals surface area contributed by atoms with Gasteiger partial charge in [0.05, 0.1) is 40.1 Å². The lowest BCUT2D eigenvalue weighted by Gasteiger charge is -2.56. The van der Waals surface area contributed by atoms with Crippen molar-refractivity contribution >= 4 is 78.6 Å². The van der Waals surface area contributed by atoms with E-state index in [-0.39, 0.29) is 47.6 Å². The monoisotopic (exact) mass is 955 g/mol. The number of pyridine rings is 1. The van der Waals surface area contributed by atoms with Crippen LogP contribution in [0.2, 0.25) is 0 Å². The summed E-state index contributed by atoms with van der Waals surface area (Å²) in [5.74, 6) is -0.0413. The summed E-state index contributed by atoms with van der Waals surface area (Å²) < 4.78 is 4.86. The molecule has 4 aliphatic carbocycles. The highest BCUT2D eigenvalue weighted by molar-refractivity contribution is 7.22. The molecule has 17 heteroatoms. The zero-order chi connectivity index (χ0) is 47.8. The minimum Gasteiger partial charge on any atom is -0.343 e. The van der Waals surface area contributed by atoms with Gasteiger partial charge in [-0.3, -0.25) is 38.7 Å². The van der Waals surface area contributed by atoms with E-state index in [9.17, 15) is 24.0 Å². The molecular formula is C53H53N11O5S. The van der Waals surface area contributed by atoms with E-state index in [1.54, 1.807) is 53.4 Å². The summed E-state index contributed by atoms with van der Waals surface area (Å²) in [4.78, 5) is 78.6. The second-order valence-electron chi connectivity index (χ2n) is 20.3. The van der Waals surface area contributed by atoms with E-state index in [0.717, 1.165) is 80.4 Å². The highest BCUT2D eigenvalue weighted by Crippen LogP contribution is 2.60. The number of fused-ring (bicyclic) bond motifs is 3. The number of hydrogen-bond acceptors (Lipinski definition) is 11. The van der Waals surface area contributed by atoms with Crippen LogP contribution >= 0.6 is 11.3 Å². The van der Waals surface area contributed by atoms with Crippen molar-refractivity contribution in [1.29, 1.82) is 0 Å². The molecule has 356 valence electrons. The Morgan fingerprint density at radius 2 is 1.67 bits per heavy atom. The van der Waals surface area contributed by atoms with Crippen LogP contribution in [0.1, 0.15) is 101 Å². The zero-order valence-corrected chi connectivity index (χ0v) is 39.9. The molecular weight excluding hydrogens is 903 g/mol. The molecule has 3 aromatic carbocycles. The van der Waals surface area contributed by atoms with Crippen molar-refractivity contribution in [3.05, 3.63) is 113 Å². The molecule has 13 rings (SSSR count). The molecule has 0 radical (unpaired) electrons. The molecule has 7 aromatic rings. The maximum Gasteiger partial charge on any atom is 0.271 e. The second kappa shape index (κ2) is 17.3. The summed E-state index contributed by atoms with van der Waals surface area (Å²) >= 11 is 1.64. The molecule has 4 aromatic heterocycles. The first kappa shape index (κ1) is 44.0. The van der Waals surface area contributed by atoms with Gasteiger partial charge in [0.15, 0.2) is 5.13 Å². The van der Waals surface area contributed by atoms with Gasteiger partial charge in [-0.1, -0.05) is 35.6 Å². The number of thiazole rings is 1. The number of carbonyl (C=O) groups is 5. The summed E-state index contributed by atoms with van der Waals surface area (Å²) in [6.45, 7) is 3.81. The number of hydrogen-bond donors (Lipinski definition) is 4. The summed E-state index contributed by atoms with van der Waals surface area (Å²) in [7, 11) is 1.76. The number of aromatic nitrogens is 6. The average molecular weight is 956 g/mol. The topological polar surface area (TPSA) is 198 Å². The number of imide groups is 1.